The van der Waals surface area contributed by atoms with Crippen LogP contribution in [0, 0.1) is 5.82 Å². The van der Waals surface area contributed by atoms with Gasteiger partial charge in [-0.1, -0.05) is 26.0 Å². The Morgan fingerprint density at radius 3 is 2.59 bits per heavy atom. The van der Waals surface area contributed by atoms with Gasteiger partial charge in [0.1, 0.15) is 17.5 Å². The number of urea groups is 1. The lowest BCUT2D eigenvalue weighted by atomic mass is 9.78. The summed E-state index contributed by atoms with van der Waals surface area (Å²) in [6.07, 6.45) is 3.67. The predicted molar refractivity (Wildman–Crippen MR) is 98.7 cm³/mol. The Kier molecular flexibility index (Phi) is 3.95. The van der Waals surface area contributed by atoms with Crippen LogP contribution in [0.15, 0.2) is 48.8 Å². The maximum absolute atomic E-state index is 13.2. The fourth-order valence-corrected chi connectivity index (χ4v) is 3.62. The normalized spacial score (nSPS) is 17.2. The van der Waals surface area contributed by atoms with Crippen LogP contribution in [0.5, 0.6) is 0 Å². The van der Waals surface area contributed by atoms with Crippen molar-refractivity contribution in [2.45, 2.75) is 31.8 Å². The first-order valence-electron chi connectivity index (χ1n) is 8.66. The van der Waals surface area contributed by atoms with E-state index in [1.807, 2.05) is 36.7 Å². The molecule has 1 fully saturated rings. The first kappa shape index (κ1) is 17.2. The Bertz CT molecular complexity index is 1040. The summed E-state index contributed by atoms with van der Waals surface area (Å²) < 4.78 is 15.2. The van der Waals surface area contributed by atoms with Crippen molar-refractivity contribution >= 4 is 23.0 Å². The fourth-order valence-electron chi connectivity index (χ4n) is 3.62. The average Bonchev–Trinajstić information content (AvgIpc) is 3.18. The number of benzene rings is 1. The monoisotopic (exact) mass is 366 g/mol. The van der Waals surface area contributed by atoms with E-state index in [1.54, 1.807) is 18.3 Å². The largest absolute Gasteiger partial charge is 0.328 e. The molecule has 2 aromatic heterocycles. The highest BCUT2D eigenvalue weighted by atomic mass is 19.1. The summed E-state index contributed by atoms with van der Waals surface area (Å²) in [7, 11) is 0. The van der Waals surface area contributed by atoms with E-state index in [-0.39, 0.29) is 11.7 Å². The second-order valence-electron chi connectivity index (χ2n) is 7.29. The minimum absolute atomic E-state index is 0.279. The summed E-state index contributed by atoms with van der Waals surface area (Å²) in [5, 5.41) is 5.91. The van der Waals surface area contributed by atoms with E-state index in [1.165, 1.54) is 12.1 Å². The van der Waals surface area contributed by atoms with E-state index in [0.29, 0.717) is 6.54 Å². The highest BCUT2D eigenvalue weighted by Gasteiger charge is 2.44. The minimum atomic E-state index is -0.671. The maximum atomic E-state index is 13.2. The number of aromatic nitrogens is 2. The molecule has 1 aromatic carbocycles. The summed E-state index contributed by atoms with van der Waals surface area (Å²) in [6.45, 7) is 4.37. The minimum Gasteiger partial charge on any atom is -0.328 e. The first-order valence-corrected chi connectivity index (χ1v) is 8.66. The topological polar surface area (TPSA) is 76.0 Å². The molecule has 138 valence electrons. The van der Waals surface area contributed by atoms with Gasteiger partial charge in [0.15, 0.2) is 0 Å². The number of hydrogen-bond donors (Lipinski definition) is 2. The summed E-state index contributed by atoms with van der Waals surface area (Å²) >= 11 is 0. The first-order chi connectivity index (χ1) is 12.9. The molecule has 7 heteroatoms. The molecule has 6 nitrogen and oxygen atoms in total. The smallest absolute Gasteiger partial charge is 0.322 e. The van der Waals surface area contributed by atoms with Crippen LogP contribution in [0.4, 0.5) is 9.18 Å². The lowest BCUT2D eigenvalue weighted by molar-refractivity contribution is -0.121. The van der Waals surface area contributed by atoms with Crippen LogP contribution < -0.4 is 10.6 Å². The van der Waals surface area contributed by atoms with Gasteiger partial charge in [-0.2, -0.15) is 0 Å². The van der Waals surface area contributed by atoms with Crippen LogP contribution in [0.25, 0.3) is 11.0 Å². The molecule has 3 amide bonds. The second-order valence-corrected chi connectivity index (χ2v) is 7.29. The van der Waals surface area contributed by atoms with Gasteiger partial charge in [-0.15, -0.1) is 0 Å². The molecule has 1 unspecified atom stereocenters. The number of rotatable bonds is 4. The maximum Gasteiger partial charge on any atom is 0.322 e. The van der Waals surface area contributed by atoms with Crippen molar-refractivity contribution in [2.24, 2.45) is 0 Å². The third-order valence-corrected chi connectivity index (χ3v) is 5.09. The van der Waals surface area contributed by atoms with Crippen LogP contribution >= 0.6 is 0 Å². The van der Waals surface area contributed by atoms with Gasteiger partial charge in [-0.05, 0) is 35.4 Å². The van der Waals surface area contributed by atoms with Crippen molar-refractivity contribution < 1.29 is 14.0 Å². The third-order valence-electron chi connectivity index (χ3n) is 5.09. The number of hydrogen-bond acceptors (Lipinski definition) is 3. The van der Waals surface area contributed by atoms with Gasteiger partial charge in [-0.3, -0.25) is 10.1 Å². The number of nitrogens with one attached hydrogen (secondary N) is 2. The van der Waals surface area contributed by atoms with Gasteiger partial charge >= 0.3 is 6.03 Å². The number of pyridine rings is 1. The number of nitrogens with zero attached hydrogens (tertiary/aromatic N) is 2. The SMILES string of the molecule is CC(C)(c1cn(Cc2ccc(F)cc2)c2ncccc12)C1NC(=O)NC1=O. The molecule has 0 spiro atoms. The quantitative estimate of drug-likeness (QED) is 0.697. The van der Waals surface area contributed by atoms with E-state index in [0.717, 1.165) is 22.2 Å². The Labute approximate surface area is 155 Å². The van der Waals surface area contributed by atoms with Crippen LogP contribution in [0.1, 0.15) is 25.0 Å². The average molecular weight is 366 g/mol. The van der Waals surface area contributed by atoms with Crippen molar-refractivity contribution in [3.63, 3.8) is 0 Å². The Hall–Kier alpha value is -3.22. The summed E-state index contributed by atoms with van der Waals surface area (Å²) in [4.78, 5) is 28.3. The van der Waals surface area contributed by atoms with Crippen LogP contribution in [0.3, 0.4) is 0 Å². The lowest BCUT2D eigenvalue weighted by Crippen LogP contribution is -2.45. The Morgan fingerprint density at radius 2 is 1.93 bits per heavy atom. The molecule has 3 heterocycles. The van der Waals surface area contributed by atoms with E-state index in [9.17, 15) is 14.0 Å². The van der Waals surface area contributed by atoms with Gasteiger partial charge in [0.05, 0.1) is 0 Å². The van der Waals surface area contributed by atoms with Gasteiger partial charge in [0.2, 0.25) is 0 Å². The molecule has 1 aliphatic heterocycles. The molecule has 0 radical (unpaired) electrons. The van der Waals surface area contributed by atoms with Crippen molar-refractivity contribution in [3.8, 4) is 0 Å². The number of amides is 3. The molecule has 1 atom stereocenters. The second kappa shape index (κ2) is 6.19. The third kappa shape index (κ3) is 2.95. The number of carbonyl (C=O) groups excluding carboxylic acids is 2. The highest BCUT2D eigenvalue weighted by Crippen LogP contribution is 2.35. The summed E-state index contributed by atoms with van der Waals surface area (Å²) in [5.74, 6) is -0.618. The summed E-state index contributed by atoms with van der Waals surface area (Å²) in [5.41, 5.74) is 1.98. The zero-order valence-electron chi connectivity index (χ0n) is 15.0. The molecule has 0 aliphatic carbocycles. The molecule has 0 saturated carbocycles. The van der Waals surface area contributed by atoms with Crippen molar-refractivity contribution in [1.29, 1.82) is 0 Å². The van der Waals surface area contributed by atoms with E-state index in [2.05, 4.69) is 15.6 Å². The molecular formula is C20H19FN4O2. The zero-order chi connectivity index (χ0) is 19.2. The van der Waals surface area contributed by atoms with E-state index in [4.69, 9.17) is 0 Å². The molecule has 0 bridgehead atoms. The van der Waals surface area contributed by atoms with Gasteiger partial charge in [0.25, 0.3) is 5.91 Å². The van der Waals surface area contributed by atoms with Crippen molar-refractivity contribution in [3.05, 3.63) is 65.7 Å². The molecule has 2 N–H and O–H groups in total. The van der Waals surface area contributed by atoms with Crippen LogP contribution in [0.2, 0.25) is 0 Å². The zero-order valence-corrected chi connectivity index (χ0v) is 15.0. The number of imide groups is 1. The van der Waals surface area contributed by atoms with Gasteiger partial charge < -0.3 is 9.88 Å². The fraction of sp³-hybridized carbons (Fsp3) is 0.250. The molecule has 1 aliphatic rings. The van der Waals surface area contributed by atoms with Crippen LogP contribution in [-0.4, -0.2) is 27.5 Å². The highest BCUT2D eigenvalue weighted by molar-refractivity contribution is 6.05. The standard InChI is InChI=1S/C20H19FN4O2/c1-20(2,16-18(26)24-19(27)23-16)15-11-25(17-14(15)4-3-9-22-17)10-12-5-7-13(21)8-6-12/h3-9,11,16H,10H2,1-2H3,(H2,23,24,26,27). The predicted octanol–water partition coefficient (Wildman–Crippen LogP) is 2.71. The van der Waals surface area contributed by atoms with Crippen LogP contribution in [-0.2, 0) is 16.8 Å². The molecule has 27 heavy (non-hydrogen) atoms. The number of carbonyl (C=O) groups is 2. The molecular weight excluding hydrogens is 347 g/mol. The van der Waals surface area contributed by atoms with E-state index < -0.39 is 17.5 Å². The van der Waals surface area contributed by atoms with Crippen molar-refractivity contribution in [2.75, 3.05) is 0 Å². The van der Waals surface area contributed by atoms with Crippen molar-refractivity contribution in [1.82, 2.24) is 20.2 Å². The number of fused-ring (bicyclic) bond motifs is 1. The molecule has 3 aromatic rings. The Morgan fingerprint density at radius 1 is 1.19 bits per heavy atom. The molecule has 4 rings (SSSR count). The lowest BCUT2D eigenvalue weighted by Gasteiger charge is -2.29. The van der Waals surface area contributed by atoms with Gasteiger partial charge in [0, 0.05) is 29.7 Å². The Balaban J connectivity index is 1.79. The van der Waals surface area contributed by atoms with Gasteiger partial charge in [-0.25, -0.2) is 14.2 Å². The molecule has 1 saturated heterocycles. The number of halogens is 1. The van der Waals surface area contributed by atoms with E-state index >= 15 is 0 Å². The summed E-state index contributed by atoms with van der Waals surface area (Å²) in [6, 6.07) is 8.97.